The average Bonchev–Trinajstić information content (AvgIpc) is 3.14. The predicted octanol–water partition coefficient (Wildman–Crippen LogP) is 2.66. The number of furan rings is 1. The smallest absolute Gasteiger partial charge is 0.287 e. The van der Waals surface area contributed by atoms with E-state index in [0.717, 1.165) is 22.7 Å². The Balaban J connectivity index is 1.83. The Kier molecular flexibility index (Phi) is 3.33. The summed E-state index contributed by atoms with van der Waals surface area (Å²) in [5, 5.41) is 3.86. The topological polar surface area (TPSA) is 68.3 Å². The molecule has 1 aliphatic rings. The van der Waals surface area contributed by atoms with Crippen LogP contribution in [-0.2, 0) is 0 Å². The van der Waals surface area contributed by atoms with Crippen molar-refractivity contribution in [2.75, 3.05) is 6.54 Å². The van der Waals surface area contributed by atoms with Gasteiger partial charge in [-0.2, -0.15) is 0 Å². The number of para-hydroxylation sites is 1. The number of rotatable bonds is 4. The van der Waals surface area contributed by atoms with Gasteiger partial charge in [-0.05, 0) is 46.8 Å². The van der Waals surface area contributed by atoms with Crippen LogP contribution in [0.5, 0.6) is 0 Å². The molecule has 0 radical (unpaired) electrons. The molecule has 1 aliphatic carbocycles. The van der Waals surface area contributed by atoms with Crippen molar-refractivity contribution in [3.05, 3.63) is 34.5 Å². The van der Waals surface area contributed by atoms with Crippen LogP contribution in [0.15, 0.2) is 33.2 Å². The number of halogens is 1. The first kappa shape index (κ1) is 12.7. The van der Waals surface area contributed by atoms with Crippen LogP contribution in [0.2, 0.25) is 0 Å². The molecule has 0 saturated heterocycles. The first-order chi connectivity index (χ1) is 9.19. The van der Waals surface area contributed by atoms with Gasteiger partial charge in [0.2, 0.25) is 0 Å². The van der Waals surface area contributed by atoms with Gasteiger partial charge < -0.3 is 15.5 Å². The molecule has 4 nitrogen and oxygen atoms in total. The van der Waals surface area contributed by atoms with Crippen molar-refractivity contribution in [2.45, 2.75) is 18.9 Å². The van der Waals surface area contributed by atoms with E-state index in [4.69, 9.17) is 10.2 Å². The Morgan fingerprint density at radius 3 is 2.95 bits per heavy atom. The molecule has 3 N–H and O–H groups in total. The SMILES string of the molecule is NCC(NC(=O)c1cc2cccc(Br)c2o1)C1CC1. The van der Waals surface area contributed by atoms with E-state index in [-0.39, 0.29) is 11.9 Å². The third kappa shape index (κ3) is 2.53. The van der Waals surface area contributed by atoms with Gasteiger partial charge in [-0.3, -0.25) is 4.79 Å². The monoisotopic (exact) mass is 322 g/mol. The fraction of sp³-hybridized carbons (Fsp3) is 0.357. The summed E-state index contributed by atoms with van der Waals surface area (Å²) >= 11 is 3.41. The second kappa shape index (κ2) is 4.98. The second-order valence-corrected chi connectivity index (χ2v) is 5.78. The first-order valence-corrected chi connectivity index (χ1v) is 7.17. The number of benzene rings is 1. The highest BCUT2D eigenvalue weighted by Gasteiger charge is 2.32. The lowest BCUT2D eigenvalue weighted by molar-refractivity contribution is 0.0907. The van der Waals surface area contributed by atoms with Crippen LogP contribution in [0.3, 0.4) is 0 Å². The molecule has 1 heterocycles. The van der Waals surface area contributed by atoms with Gasteiger partial charge in [-0.25, -0.2) is 0 Å². The van der Waals surface area contributed by atoms with Crippen LogP contribution in [0.1, 0.15) is 23.4 Å². The molecular weight excluding hydrogens is 308 g/mol. The Hall–Kier alpha value is -1.33. The average molecular weight is 323 g/mol. The van der Waals surface area contributed by atoms with E-state index < -0.39 is 0 Å². The second-order valence-electron chi connectivity index (χ2n) is 4.92. The number of carbonyl (C=O) groups is 1. The zero-order chi connectivity index (χ0) is 13.4. The van der Waals surface area contributed by atoms with Crippen LogP contribution in [-0.4, -0.2) is 18.5 Å². The highest BCUT2D eigenvalue weighted by Crippen LogP contribution is 2.32. The summed E-state index contributed by atoms with van der Waals surface area (Å²) in [6.45, 7) is 0.473. The highest BCUT2D eigenvalue weighted by molar-refractivity contribution is 9.10. The molecule has 0 aliphatic heterocycles. The summed E-state index contributed by atoms with van der Waals surface area (Å²) in [5.74, 6) is 0.677. The van der Waals surface area contributed by atoms with Gasteiger partial charge in [0.1, 0.15) is 5.58 Å². The van der Waals surface area contributed by atoms with Crippen molar-refractivity contribution in [3.8, 4) is 0 Å². The van der Waals surface area contributed by atoms with E-state index in [1.807, 2.05) is 18.2 Å². The summed E-state index contributed by atoms with van der Waals surface area (Å²) in [6.07, 6.45) is 2.29. The zero-order valence-corrected chi connectivity index (χ0v) is 11.9. The highest BCUT2D eigenvalue weighted by atomic mass is 79.9. The third-order valence-corrected chi connectivity index (χ3v) is 4.11. The lowest BCUT2D eigenvalue weighted by Crippen LogP contribution is -2.41. The third-order valence-electron chi connectivity index (χ3n) is 3.48. The van der Waals surface area contributed by atoms with E-state index in [2.05, 4.69) is 21.2 Å². The maximum atomic E-state index is 12.2. The molecule has 19 heavy (non-hydrogen) atoms. The van der Waals surface area contributed by atoms with E-state index in [9.17, 15) is 4.79 Å². The molecule has 5 heteroatoms. The molecule has 1 amide bonds. The molecule has 0 spiro atoms. The molecule has 1 atom stereocenters. The van der Waals surface area contributed by atoms with E-state index in [0.29, 0.717) is 23.8 Å². The first-order valence-electron chi connectivity index (χ1n) is 6.38. The maximum Gasteiger partial charge on any atom is 0.287 e. The molecule has 1 saturated carbocycles. The van der Waals surface area contributed by atoms with Gasteiger partial charge in [-0.15, -0.1) is 0 Å². The van der Waals surface area contributed by atoms with Crippen LogP contribution < -0.4 is 11.1 Å². The van der Waals surface area contributed by atoms with Crippen molar-refractivity contribution < 1.29 is 9.21 Å². The molecule has 3 rings (SSSR count). The minimum absolute atomic E-state index is 0.0594. The lowest BCUT2D eigenvalue weighted by atomic mass is 10.2. The standard InChI is InChI=1S/C14H15BrN2O2/c15-10-3-1-2-9-6-12(19-13(9)10)14(18)17-11(7-16)8-4-5-8/h1-3,6,8,11H,4-5,7,16H2,(H,17,18). The minimum atomic E-state index is -0.189. The summed E-state index contributed by atoms with van der Waals surface area (Å²) < 4.78 is 6.46. The number of hydrogen-bond acceptors (Lipinski definition) is 3. The van der Waals surface area contributed by atoms with Gasteiger partial charge in [0.15, 0.2) is 5.76 Å². The largest absolute Gasteiger partial charge is 0.450 e. The lowest BCUT2D eigenvalue weighted by Gasteiger charge is -2.14. The van der Waals surface area contributed by atoms with Crippen molar-refractivity contribution in [1.82, 2.24) is 5.32 Å². The maximum absolute atomic E-state index is 12.2. The molecule has 2 aromatic rings. The Bertz CT molecular complexity index is 619. The van der Waals surface area contributed by atoms with Gasteiger partial charge in [-0.1, -0.05) is 12.1 Å². The number of fused-ring (bicyclic) bond motifs is 1. The Labute approximate surface area is 119 Å². The zero-order valence-electron chi connectivity index (χ0n) is 10.4. The van der Waals surface area contributed by atoms with Crippen molar-refractivity contribution in [1.29, 1.82) is 0 Å². The molecule has 0 bridgehead atoms. The fourth-order valence-corrected chi connectivity index (χ4v) is 2.71. The van der Waals surface area contributed by atoms with Gasteiger partial charge in [0.05, 0.1) is 4.47 Å². The number of carbonyl (C=O) groups excluding carboxylic acids is 1. The molecule has 100 valence electrons. The van der Waals surface area contributed by atoms with Gasteiger partial charge in [0, 0.05) is 18.0 Å². The quantitative estimate of drug-likeness (QED) is 0.909. The van der Waals surface area contributed by atoms with Crippen molar-refractivity contribution >= 4 is 32.8 Å². The molecule has 1 fully saturated rings. The summed E-state index contributed by atoms with van der Waals surface area (Å²) in [7, 11) is 0. The van der Waals surface area contributed by atoms with Crippen molar-refractivity contribution in [2.24, 2.45) is 11.7 Å². The number of nitrogens with two attached hydrogens (primary N) is 1. The molecule has 1 unspecified atom stereocenters. The summed E-state index contributed by atoms with van der Waals surface area (Å²) in [6, 6.07) is 7.54. The van der Waals surface area contributed by atoms with E-state index >= 15 is 0 Å². The summed E-state index contributed by atoms with van der Waals surface area (Å²) in [4.78, 5) is 12.2. The number of hydrogen-bond donors (Lipinski definition) is 2. The van der Waals surface area contributed by atoms with E-state index in [1.165, 1.54) is 0 Å². The predicted molar refractivity (Wildman–Crippen MR) is 76.9 cm³/mol. The van der Waals surface area contributed by atoms with Crippen LogP contribution in [0, 0.1) is 5.92 Å². The Morgan fingerprint density at radius 1 is 1.53 bits per heavy atom. The molecule has 1 aromatic heterocycles. The van der Waals surface area contributed by atoms with Crippen molar-refractivity contribution in [3.63, 3.8) is 0 Å². The van der Waals surface area contributed by atoms with Crippen LogP contribution in [0.25, 0.3) is 11.0 Å². The Morgan fingerprint density at radius 2 is 2.32 bits per heavy atom. The van der Waals surface area contributed by atoms with Crippen LogP contribution >= 0.6 is 15.9 Å². The number of amides is 1. The number of nitrogens with one attached hydrogen (secondary N) is 1. The van der Waals surface area contributed by atoms with Crippen LogP contribution in [0.4, 0.5) is 0 Å². The van der Waals surface area contributed by atoms with Gasteiger partial charge >= 0.3 is 0 Å². The summed E-state index contributed by atoms with van der Waals surface area (Å²) in [5.41, 5.74) is 6.38. The normalized spacial score (nSPS) is 16.5. The van der Waals surface area contributed by atoms with Gasteiger partial charge in [0.25, 0.3) is 5.91 Å². The van der Waals surface area contributed by atoms with E-state index in [1.54, 1.807) is 6.07 Å². The molecular formula is C14H15BrN2O2. The fourth-order valence-electron chi connectivity index (χ4n) is 2.25. The molecule has 1 aromatic carbocycles. The minimum Gasteiger partial charge on any atom is -0.450 e.